The number of hydrogen-bond donors (Lipinski definition) is 5. The van der Waals surface area contributed by atoms with Crippen LogP contribution in [0.2, 0.25) is 0 Å². The monoisotopic (exact) mass is 463 g/mol. The molecule has 3 aromatic rings. The highest BCUT2D eigenvalue weighted by Crippen LogP contribution is 2.56. The highest BCUT2D eigenvalue weighted by Gasteiger charge is 2.34. The van der Waals surface area contributed by atoms with Crippen molar-refractivity contribution in [2.24, 2.45) is 0 Å². The van der Waals surface area contributed by atoms with Gasteiger partial charge in [-0.05, 0) is 49.4 Å². The van der Waals surface area contributed by atoms with Crippen molar-refractivity contribution >= 4 is 21.2 Å². The normalized spacial score (nSPS) is 13.9. The second-order valence-corrected chi connectivity index (χ2v) is 10.4. The van der Waals surface area contributed by atoms with E-state index in [0.717, 1.165) is 29.8 Å². The summed E-state index contributed by atoms with van der Waals surface area (Å²) in [6.45, 7) is 1.81. The number of aryl methyl sites for hydroxylation is 1. The number of hydrogen-bond acceptors (Lipinski definition) is 5. The minimum Gasteiger partial charge on any atom is -0.289 e. The average molecular weight is 463 g/mol. The summed E-state index contributed by atoms with van der Waals surface area (Å²) in [7, 11) is -7.55. The standard InChI is InChI=1S/C18H17F3N2O5S2/c1-12-2-6-14(7-3-12)29(25,26)16-10-11-17(23(24)22-16)30(27,28)15-8-4-13(5-9-15)18(19,20)21/h2-11H,1H3,(H4-,22,24,25,26,27,28)/p+1. The number of H-pyrrole nitrogens is 1. The van der Waals surface area contributed by atoms with E-state index in [0.29, 0.717) is 12.1 Å². The average Bonchev–Trinajstić information content (AvgIpc) is 2.67. The zero-order valence-electron chi connectivity index (χ0n) is 15.4. The molecule has 7 nitrogen and oxygen atoms in total. The van der Waals surface area contributed by atoms with Gasteiger partial charge >= 0.3 is 11.2 Å². The van der Waals surface area contributed by atoms with E-state index in [9.17, 15) is 36.3 Å². The molecule has 0 spiro atoms. The summed E-state index contributed by atoms with van der Waals surface area (Å²) in [6, 6.07) is 11.4. The molecule has 0 saturated heterocycles. The molecule has 0 unspecified atom stereocenters. The van der Waals surface area contributed by atoms with Crippen LogP contribution in [0.15, 0.2) is 80.5 Å². The van der Waals surface area contributed by atoms with Crippen molar-refractivity contribution in [2.45, 2.75) is 32.9 Å². The second kappa shape index (κ2) is 7.72. The largest absolute Gasteiger partial charge is 0.416 e. The molecule has 0 amide bonds. The highest BCUT2D eigenvalue weighted by atomic mass is 32.3. The molecule has 1 heterocycles. The Bertz CT molecular complexity index is 1110. The van der Waals surface area contributed by atoms with Gasteiger partial charge in [-0.1, -0.05) is 33.4 Å². The van der Waals surface area contributed by atoms with Crippen LogP contribution in [0.25, 0.3) is 0 Å². The van der Waals surface area contributed by atoms with E-state index >= 15 is 0 Å². The maximum Gasteiger partial charge on any atom is 0.416 e. The van der Waals surface area contributed by atoms with Crippen molar-refractivity contribution in [2.75, 3.05) is 0 Å². The molecule has 162 valence electrons. The number of halogens is 3. The van der Waals surface area contributed by atoms with Crippen LogP contribution in [0.5, 0.6) is 0 Å². The van der Waals surface area contributed by atoms with E-state index < -0.39 is 37.9 Å². The number of rotatable bonds is 4. The molecule has 5 N–H and O–H groups in total. The van der Waals surface area contributed by atoms with Gasteiger partial charge in [0.1, 0.15) is 0 Å². The molecule has 30 heavy (non-hydrogen) atoms. The summed E-state index contributed by atoms with van der Waals surface area (Å²) in [5.41, 5.74) is -0.0944. The fraction of sp³-hybridized carbons (Fsp3) is 0.111. The van der Waals surface area contributed by atoms with E-state index in [1.54, 1.807) is 12.1 Å². The Kier molecular flexibility index (Phi) is 5.75. The van der Waals surface area contributed by atoms with Crippen LogP contribution in [0, 0.1) is 11.8 Å². The first-order valence-electron chi connectivity index (χ1n) is 8.30. The van der Waals surface area contributed by atoms with Gasteiger partial charge in [-0.25, -0.2) is 0 Å². The molecule has 0 atom stereocenters. The van der Waals surface area contributed by atoms with Gasteiger partial charge in [0.05, 0.1) is 20.3 Å². The van der Waals surface area contributed by atoms with Crippen LogP contribution in [0.4, 0.5) is 13.2 Å². The van der Waals surface area contributed by atoms with Gasteiger partial charge in [-0.15, -0.1) is 10.6 Å². The van der Waals surface area contributed by atoms with E-state index in [2.05, 4.69) is 5.10 Å². The van der Waals surface area contributed by atoms with E-state index in [1.165, 1.54) is 12.1 Å². The summed E-state index contributed by atoms with van der Waals surface area (Å²) >= 11 is 0. The SMILES string of the molecule is Cc1ccc(S(O)(O)c2ccc(S(O)(O)c3ccc(C(F)(F)F)cc3)[n+](=O)[nH]2)cc1. The Morgan fingerprint density at radius 2 is 1.30 bits per heavy atom. The Balaban J connectivity index is 1.98. The van der Waals surface area contributed by atoms with Gasteiger partial charge in [0.25, 0.3) is 0 Å². The molecule has 0 fully saturated rings. The molecule has 0 aliphatic heterocycles. The van der Waals surface area contributed by atoms with Gasteiger partial charge in [0.2, 0.25) is 0 Å². The number of aromatic nitrogens is 2. The van der Waals surface area contributed by atoms with Crippen LogP contribution < -0.4 is 4.54 Å². The van der Waals surface area contributed by atoms with Crippen molar-refractivity contribution in [3.63, 3.8) is 0 Å². The predicted molar refractivity (Wildman–Crippen MR) is 106 cm³/mol. The fourth-order valence-corrected chi connectivity index (χ4v) is 5.11. The molecule has 1 aromatic heterocycles. The van der Waals surface area contributed by atoms with Crippen molar-refractivity contribution in [1.82, 2.24) is 5.10 Å². The van der Waals surface area contributed by atoms with Crippen molar-refractivity contribution in [3.8, 4) is 0 Å². The topological polar surface area (TPSA) is 120 Å². The van der Waals surface area contributed by atoms with Crippen LogP contribution >= 0.6 is 21.2 Å². The third-order valence-corrected chi connectivity index (χ3v) is 7.83. The van der Waals surface area contributed by atoms with Gasteiger partial charge in [0.15, 0.2) is 9.57 Å². The van der Waals surface area contributed by atoms with Crippen molar-refractivity contribution in [1.29, 1.82) is 0 Å². The van der Waals surface area contributed by atoms with Crippen molar-refractivity contribution < 1.29 is 35.9 Å². The number of alkyl halides is 3. The third-order valence-electron chi connectivity index (χ3n) is 4.25. The van der Waals surface area contributed by atoms with Gasteiger partial charge < -0.3 is 0 Å². The molecular weight excluding hydrogens is 445 g/mol. The zero-order valence-corrected chi connectivity index (χ0v) is 17.0. The van der Waals surface area contributed by atoms with E-state index in [-0.39, 0.29) is 19.4 Å². The molecule has 2 aromatic carbocycles. The van der Waals surface area contributed by atoms with Gasteiger partial charge in [0, 0.05) is 6.07 Å². The summed E-state index contributed by atoms with van der Waals surface area (Å²) < 4.78 is 80.0. The summed E-state index contributed by atoms with van der Waals surface area (Å²) in [5, 5.41) is 1.30. The number of nitrogens with zero attached hydrogens (tertiary/aromatic N) is 1. The number of benzene rings is 2. The quantitative estimate of drug-likeness (QED) is 0.323. The predicted octanol–water partition coefficient (Wildman–Crippen LogP) is 5.59. The zero-order chi connectivity index (χ0) is 22.3. The lowest BCUT2D eigenvalue weighted by molar-refractivity contribution is -0.610. The maximum absolute atomic E-state index is 12.7. The summed E-state index contributed by atoms with van der Waals surface area (Å²) in [5.74, 6) is 0. The van der Waals surface area contributed by atoms with Crippen molar-refractivity contribution in [3.05, 3.63) is 76.7 Å². The molecule has 3 rings (SSSR count). The molecule has 0 aliphatic rings. The van der Waals surface area contributed by atoms with Crippen LogP contribution in [-0.4, -0.2) is 23.3 Å². The molecule has 0 aliphatic carbocycles. The first kappa shape index (κ1) is 22.3. The first-order valence-corrected chi connectivity index (χ1v) is 11.4. The Morgan fingerprint density at radius 3 is 1.80 bits per heavy atom. The minimum atomic E-state index is -4.60. The fourth-order valence-electron chi connectivity index (χ4n) is 2.59. The second-order valence-electron chi connectivity index (χ2n) is 6.37. The minimum absolute atomic E-state index is 0.0509. The van der Waals surface area contributed by atoms with E-state index in [1.807, 2.05) is 6.92 Å². The molecule has 0 radical (unpaired) electrons. The van der Waals surface area contributed by atoms with Crippen LogP contribution in [0.1, 0.15) is 11.1 Å². The van der Waals surface area contributed by atoms with E-state index in [4.69, 9.17) is 0 Å². The molecular formula is C18H18F3N2O5S2+. The lowest BCUT2D eigenvalue weighted by Crippen LogP contribution is -2.28. The lowest BCUT2D eigenvalue weighted by atomic mass is 10.2. The lowest BCUT2D eigenvalue weighted by Gasteiger charge is -2.31. The molecule has 0 bridgehead atoms. The Morgan fingerprint density at radius 1 is 0.800 bits per heavy atom. The van der Waals surface area contributed by atoms with Crippen LogP contribution in [0.3, 0.4) is 0 Å². The Labute approximate surface area is 172 Å². The van der Waals surface area contributed by atoms with Crippen LogP contribution in [-0.2, 0) is 6.18 Å². The molecule has 0 saturated carbocycles. The number of nitrogens with one attached hydrogen (secondary N) is 1. The maximum atomic E-state index is 12.7. The highest BCUT2D eigenvalue weighted by molar-refractivity contribution is 8.24. The van der Waals surface area contributed by atoms with Gasteiger partial charge in [-0.3, -0.25) is 18.2 Å². The van der Waals surface area contributed by atoms with Gasteiger partial charge in [-0.2, -0.15) is 13.2 Å². The smallest absolute Gasteiger partial charge is 0.289 e. The summed E-state index contributed by atoms with van der Waals surface area (Å²) in [6.07, 6.45) is -4.60. The number of aromatic amines is 1. The molecule has 12 heteroatoms. The first-order chi connectivity index (χ1) is 13.8. The summed E-state index contributed by atoms with van der Waals surface area (Å²) in [4.78, 5) is 12.2. The Hall–Kier alpha value is -2.35. The third kappa shape index (κ3) is 4.24.